The number of hydrogen-bond acceptors (Lipinski definition) is 7. The third-order valence-electron chi connectivity index (χ3n) is 8.98. The summed E-state index contributed by atoms with van der Waals surface area (Å²) in [5.41, 5.74) is -1.29. The van der Waals surface area contributed by atoms with Crippen LogP contribution in [-0.4, -0.2) is 51.6 Å². The van der Waals surface area contributed by atoms with Crippen LogP contribution in [0, 0.1) is 11.3 Å². The van der Waals surface area contributed by atoms with E-state index in [2.05, 4.69) is 51.6 Å². The van der Waals surface area contributed by atoms with E-state index in [1.165, 1.54) is 0 Å². The van der Waals surface area contributed by atoms with Crippen LogP contribution >= 0.6 is 0 Å². The summed E-state index contributed by atoms with van der Waals surface area (Å²) in [5.74, 6) is -2.54. The molecular weight excluding hydrogens is 621 g/mol. The van der Waals surface area contributed by atoms with Gasteiger partial charge in [0.15, 0.2) is 5.41 Å². The third-order valence-corrected chi connectivity index (χ3v) is 14.1. The van der Waals surface area contributed by atoms with Crippen LogP contribution in [0.15, 0.2) is 116 Å². The van der Waals surface area contributed by atoms with Crippen molar-refractivity contribution >= 4 is 36.6 Å². The van der Waals surface area contributed by atoms with Crippen LogP contribution in [0.2, 0.25) is 5.04 Å². The molecule has 3 atom stereocenters. The number of rotatable bonds is 13. The highest BCUT2D eigenvalue weighted by molar-refractivity contribution is 6.99. The number of carbonyl (C=O) groups excluding carboxylic acids is 3. The Kier molecular flexibility index (Phi) is 12.4. The minimum atomic E-state index is -3.11. The van der Waals surface area contributed by atoms with Crippen molar-refractivity contribution in [3.8, 4) is 0 Å². The fourth-order valence-electron chi connectivity index (χ4n) is 6.78. The number of ether oxygens (including phenoxy) is 3. The van der Waals surface area contributed by atoms with E-state index in [4.69, 9.17) is 18.6 Å². The zero-order valence-corrected chi connectivity index (χ0v) is 29.7. The van der Waals surface area contributed by atoms with Crippen molar-refractivity contribution in [3.05, 3.63) is 121 Å². The fourth-order valence-corrected chi connectivity index (χ4v) is 11.5. The third kappa shape index (κ3) is 7.71. The summed E-state index contributed by atoms with van der Waals surface area (Å²) in [7, 11) is -3.11. The Morgan fingerprint density at radius 2 is 1.27 bits per heavy atom. The average Bonchev–Trinajstić information content (AvgIpc) is 3.28. The van der Waals surface area contributed by atoms with Crippen LogP contribution < -0.4 is 10.4 Å². The number of hydrogen-bond donors (Lipinski definition) is 0. The Morgan fingerprint density at radius 1 is 0.771 bits per heavy atom. The number of allylic oxidation sites excluding steroid dienone is 2. The number of benzene rings is 3. The average molecular weight is 669 g/mol. The van der Waals surface area contributed by atoms with Crippen molar-refractivity contribution in [2.75, 3.05) is 13.2 Å². The maximum absolute atomic E-state index is 13.9. The van der Waals surface area contributed by atoms with Crippen molar-refractivity contribution in [3.63, 3.8) is 0 Å². The van der Waals surface area contributed by atoms with Gasteiger partial charge in [0, 0.05) is 12.3 Å². The lowest BCUT2D eigenvalue weighted by Crippen LogP contribution is -2.68. The van der Waals surface area contributed by atoms with Gasteiger partial charge in [-0.15, -0.1) is 6.58 Å². The maximum Gasteiger partial charge on any atom is 0.338 e. The molecule has 0 radical (unpaired) electrons. The number of esters is 3. The predicted octanol–water partition coefficient (Wildman–Crippen LogP) is 6.81. The second-order valence-electron chi connectivity index (χ2n) is 13.1. The minimum Gasteiger partial charge on any atom is -0.465 e. The molecule has 0 N–H and O–H groups in total. The van der Waals surface area contributed by atoms with Crippen molar-refractivity contribution in [1.29, 1.82) is 0 Å². The van der Waals surface area contributed by atoms with Gasteiger partial charge in [-0.05, 0) is 60.3 Å². The Bertz CT molecular complexity index is 1490. The highest BCUT2D eigenvalue weighted by Crippen LogP contribution is 2.44. The second kappa shape index (κ2) is 16.2. The predicted molar refractivity (Wildman–Crippen MR) is 191 cm³/mol. The van der Waals surface area contributed by atoms with E-state index in [1.807, 2.05) is 42.5 Å². The SMILES string of the molecule is C=CCC(C(=O)OCC)(C(=O)OCC)[C@@H]1C=C[C@H](OC(=O)c2ccccc2)C[C@H](O[Si](c2ccccc2)(c2ccccc2)C(C)(C)C)C1. The molecule has 3 aromatic carbocycles. The summed E-state index contributed by atoms with van der Waals surface area (Å²) < 4.78 is 24.8. The highest BCUT2D eigenvalue weighted by atomic mass is 28.4. The van der Waals surface area contributed by atoms with Crippen LogP contribution in [0.1, 0.15) is 64.2 Å². The molecule has 8 heteroatoms. The summed E-state index contributed by atoms with van der Waals surface area (Å²) in [4.78, 5) is 41.1. The Balaban J connectivity index is 1.90. The molecule has 0 bridgehead atoms. The van der Waals surface area contributed by atoms with E-state index >= 15 is 0 Å². The fraction of sp³-hybridized carbons (Fsp3) is 0.375. The molecule has 254 valence electrons. The first-order chi connectivity index (χ1) is 23.0. The zero-order valence-electron chi connectivity index (χ0n) is 28.7. The van der Waals surface area contributed by atoms with E-state index in [1.54, 1.807) is 56.3 Å². The topological polar surface area (TPSA) is 88.1 Å². The van der Waals surface area contributed by atoms with Crippen LogP contribution in [0.5, 0.6) is 0 Å². The van der Waals surface area contributed by atoms with Gasteiger partial charge in [0.2, 0.25) is 0 Å². The van der Waals surface area contributed by atoms with Gasteiger partial charge in [0.1, 0.15) is 6.10 Å². The first-order valence-corrected chi connectivity index (χ1v) is 18.6. The summed E-state index contributed by atoms with van der Waals surface area (Å²) in [6, 6.07) is 29.3. The van der Waals surface area contributed by atoms with Crippen molar-refractivity contribution in [2.24, 2.45) is 11.3 Å². The molecule has 1 aliphatic rings. The summed E-state index contributed by atoms with van der Waals surface area (Å²) >= 11 is 0. The molecule has 0 saturated heterocycles. The van der Waals surface area contributed by atoms with E-state index in [0.717, 1.165) is 10.4 Å². The Hall–Kier alpha value is -4.27. The molecule has 48 heavy (non-hydrogen) atoms. The molecule has 0 amide bonds. The van der Waals surface area contributed by atoms with Gasteiger partial charge in [0.05, 0.1) is 24.9 Å². The standard InChI is InChI=1S/C40H48O7Si/c1-7-27-40(37(42)44-8-2,38(43)45-9-3)31-25-26-32(46-36(41)30-19-13-10-14-20-30)29-33(28-31)47-48(39(4,5)6,34-21-15-11-16-22-34)35-23-17-12-18-24-35/h7,10-26,31-33H,1,8-9,27-29H2,2-6H3/t31-,32+,33-/m1/s1. The molecule has 0 spiro atoms. The highest BCUT2D eigenvalue weighted by Gasteiger charge is 2.56. The van der Waals surface area contributed by atoms with Gasteiger partial charge in [-0.3, -0.25) is 9.59 Å². The van der Waals surface area contributed by atoms with Crippen molar-refractivity contribution < 1.29 is 33.0 Å². The zero-order chi connectivity index (χ0) is 34.8. The molecule has 3 aromatic rings. The van der Waals surface area contributed by atoms with Crippen LogP contribution in [0.4, 0.5) is 0 Å². The van der Waals surface area contributed by atoms with Crippen LogP contribution in [0.25, 0.3) is 0 Å². The summed E-state index contributed by atoms with van der Waals surface area (Å²) in [6.45, 7) is 14.1. The normalized spacial score (nSPS) is 18.3. The van der Waals surface area contributed by atoms with Crippen molar-refractivity contribution in [1.82, 2.24) is 0 Å². The molecule has 0 aliphatic heterocycles. The van der Waals surface area contributed by atoms with Gasteiger partial charge in [-0.2, -0.15) is 0 Å². The first-order valence-electron chi connectivity index (χ1n) is 16.7. The maximum atomic E-state index is 13.9. The van der Waals surface area contributed by atoms with E-state index < -0.39 is 49.8 Å². The molecule has 0 heterocycles. The van der Waals surface area contributed by atoms with E-state index in [9.17, 15) is 14.4 Å². The number of carbonyl (C=O) groups is 3. The van der Waals surface area contributed by atoms with Gasteiger partial charge < -0.3 is 18.6 Å². The van der Waals surface area contributed by atoms with E-state index in [0.29, 0.717) is 12.0 Å². The second-order valence-corrected chi connectivity index (χ2v) is 17.3. The van der Waals surface area contributed by atoms with Crippen LogP contribution in [0.3, 0.4) is 0 Å². The molecule has 0 aromatic heterocycles. The lowest BCUT2D eigenvalue weighted by atomic mass is 9.70. The molecule has 0 unspecified atom stereocenters. The van der Waals surface area contributed by atoms with Gasteiger partial charge in [-0.25, -0.2) is 4.79 Å². The Morgan fingerprint density at radius 3 is 1.73 bits per heavy atom. The van der Waals surface area contributed by atoms with Gasteiger partial charge in [0.25, 0.3) is 8.32 Å². The summed E-state index contributed by atoms with van der Waals surface area (Å²) in [6.07, 6.45) is 4.47. The van der Waals surface area contributed by atoms with Crippen molar-refractivity contribution in [2.45, 2.75) is 71.1 Å². The quantitative estimate of drug-likeness (QED) is 0.0650. The molecule has 0 fully saturated rings. The molecular formula is C40H48O7Si. The van der Waals surface area contributed by atoms with Gasteiger partial charge >= 0.3 is 17.9 Å². The molecule has 1 aliphatic carbocycles. The molecule has 4 rings (SSSR count). The smallest absolute Gasteiger partial charge is 0.338 e. The molecule has 0 saturated carbocycles. The van der Waals surface area contributed by atoms with Crippen LogP contribution in [-0.2, 0) is 28.2 Å². The molecule has 7 nitrogen and oxygen atoms in total. The lowest BCUT2D eigenvalue weighted by Gasteiger charge is -2.46. The van der Waals surface area contributed by atoms with E-state index in [-0.39, 0.29) is 31.1 Å². The van der Waals surface area contributed by atoms with Gasteiger partial charge in [-0.1, -0.05) is 112 Å². The largest absolute Gasteiger partial charge is 0.465 e. The minimum absolute atomic E-state index is 0.0000752. The Labute approximate surface area is 286 Å². The monoisotopic (exact) mass is 668 g/mol. The summed E-state index contributed by atoms with van der Waals surface area (Å²) in [5, 5.41) is 1.83. The first kappa shape index (κ1) is 36.6. The lowest BCUT2D eigenvalue weighted by molar-refractivity contribution is -0.176.